The second-order valence-electron chi connectivity index (χ2n) is 5.28. The molecule has 5 nitrogen and oxygen atoms in total. The predicted molar refractivity (Wildman–Crippen MR) is 74.7 cm³/mol. The molecule has 1 aromatic heterocycles. The fourth-order valence-corrected chi connectivity index (χ4v) is 3.98. The summed E-state index contributed by atoms with van der Waals surface area (Å²) in [5.41, 5.74) is 0. The lowest BCUT2D eigenvalue weighted by Crippen LogP contribution is -2.52. The fraction of sp³-hybridized carbons (Fsp3) is 0.692. The third-order valence-electron chi connectivity index (χ3n) is 4.27. The van der Waals surface area contributed by atoms with Crippen molar-refractivity contribution >= 4 is 22.4 Å². The molecule has 19 heavy (non-hydrogen) atoms. The third kappa shape index (κ3) is 2.60. The van der Waals surface area contributed by atoms with Gasteiger partial charge in [-0.3, -0.25) is 9.69 Å². The number of carboxylic acid groups (broad SMARTS) is 1. The van der Waals surface area contributed by atoms with Gasteiger partial charge in [0.05, 0.1) is 5.92 Å². The molecule has 1 N–H and O–H groups in total. The molecule has 0 amide bonds. The van der Waals surface area contributed by atoms with Crippen molar-refractivity contribution in [2.24, 2.45) is 5.92 Å². The summed E-state index contributed by atoms with van der Waals surface area (Å²) in [5.74, 6) is -0.781. The number of carboxylic acids is 1. The van der Waals surface area contributed by atoms with Gasteiger partial charge in [0.1, 0.15) is 0 Å². The Labute approximate surface area is 116 Å². The van der Waals surface area contributed by atoms with Gasteiger partial charge in [-0.2, -0.15) is 0 Å². The van der Waals surface area contributed by atoms with Crippen LogP contribution < -0.4 is 4.90 Å². The highest BCUT2D eigenvalue weighted by molar-refractivity contribution is 7.13. The van der Waals surface area contributed by atoms with Crippen molar-refractivity contribution in [1.29, 1.82) is 0 Å². The van der Waals surface area contributed by atoms with E-state index < -0.39 is 5.97 Å². The maximum Gasteiger partial charge on any atom is 0.308 e. The molecule has 2 unspecified atom stereocenters. The molecular formula is C13H19N3O2S. The first-order chi connectivity index (χ1) is 9.25. The molecule has 0 spiro atoms. The van der Waals surface area contributed by atoms with Crippen LogP contribution in [0.2, 0.25) is 0 Å². The lowest BCUT2D eigenvalue weighted by molar-refractivity contribution is -0.143. The predicted octanol–water partition coefficient (Wildman–Crippen LogP) is 1.52. The van der Waals surface area contributed by atoms with E-state index in [1.165, 1.54) is 0 Å². The molecule has 2 fully saturated rings. The summed E-state index contributed by atoms with van der Waals surface area (Å²) in [6.45, 7) is 3.81. The van der Waals surface area contributed by atoms with Crippen LogP contribution in [-0.4, -0.2) is 53.2 Å². The zero-order valence-corrected chi connectivity index (χ0v) is 11.7. The van der Waals surface area contributed by atoms with Crippen LogP contribution in [0.25, 0.3) is 0 Å². The number of carbonyl (C=O) groups is 1. The van der Waals surface area contributed by atoms with Gasteiger partial charge in [0, 0.05) is 43.8 Å². The number of thiazole rings is 1. The Kier molecular flexibility index (Phi) is 3.70. The van der Waals surface area contributed by atoms with Crippen LogP contribution in [0.5, 0.6) is 0 Å². The second-order valence-corrected chi connectivity index (χ2v) is 6.15. The average molecular weight is 281 g/mol. The molecular weight excluding hydrogens is 262 g/mol. The summed E-state index contributed by atoms with van der Waals surface area (Å²) < 4.78 is 0. The summed E-state index contributed by atoms with van der Waals surface area (Å²) in [7, 11) is 0. The van der Waals surface area contributed by atoms with Crippen LogP contribution >= 0.6 is 11.3 Å². The number of aromatic nitrogens is 1. The van der Waals surface area contributed by atoms with Crippen LogP contribution in [0.1, 0.15) is 19.3 Å². The maximum atomic E-state index is 11.3. The molecule has 1 saturated heterocycles. The Morgan fingerprint density at radius 2 is 2.11 bits per heavy atom. The monoisotopic (exact) mass is 281 g/mol. The number of piperazine rings is 1. The van der Waals surface area contributed by atoms with Gasteiger partial charge < -0.3 is 10.0 Å². The molecule has 3 rings (SSSR count). The van der Waals surface area contributed by atoms with Crippen molar-refractivity contribution in [2.75, 3.05) is 31.1 Å². The molecule has 0 aromatic carbocycles. The topological polar surface area (TPSA) is 56.7 Å². The van der Waals surface area contributed by atoms with Crippen molar-refractivity contribution in [2.45, 2.75) is 25.3 Å². The van der Waals surface area contributed by atoms with E-state index in [-0.39, 0.29) is 12.0 Å². The molecule has 0 bridgehead atoms. The Bertz CT molecular complexity index is 429. The quantitative estimate of drug-likeness (QED) is 0.910. The Balaban J connectivity index is 1.59. The standard InChI is InChI=1S/C13H19N3O2S/c17-12(18)10-2-1-3-11(10)15-5-7-16(8-6-15)13-14-4-9-19-13/h4,9-11H,1-3,5-8H2,(H,17,18). The van der Waals surface area contributed by atoms with E-state index in [1.807, 2.05) is 11.6 Å². The van der Waals surface area contributed by atoms with E-state index in [2.05, 4.69) is 14.8 Å². The second kappa shape index (κ2) is 5.46. The zero-order valence-electron chi connectivity index (χ0n) is 10.9. The minimum Gasteiger partial charge on any atom is -0.481 e. The zero-order chi connectivity index (χ0) is 13.2. The Hall–Kier alpha value is -1.14. The molecule has 1 saturated carbocycles. The summed E-state index contributed by atoms with van der Waals surface area (Å²) in [6, 6.07) is 0.246. The smallest absolute Gasteiger partial charge is 0.308 e. The number of rotatable bonds is 3. The van der Waals surface area contributed by atoms with Gasteiger partial charge in [0.25, 0.3) is 0 Å². The molecule has 1 aliphatic heterocycles. The lowest BCUT2D eigenvalue weighted by atomic mass is 10.0. The first kappa shape index (κ1) is 12.9. The van der Waals surface area contributed by atoms with E-state index in [9.17, 15) is 9.90 Å². The van der Waals surface area contributed by atoms with Crippen molar-refractivity contribution in [1.82, 2.24) is 9.88 Å². The molecule has 2 heterocycles. The van der Waals surface area contributed by atoms with E-state index >= 15 is 0 Å². The molecule has 6 heteroatoms. The first-order valence-corrected chi connectivity index (χ1v) is 7.75. The molecule has 2 aliphatic rings. The highest BCUT2D eigenvalue weighted by atomic mass is 32.1. The van der Waals surface area contributed by atoms with E-state index in [0.29, 0.717) is 0 Å². The van der Waals surface area contributed by atoms with Crippen LogP contribution in [-0.2, 0) is 4.79 Å². The fourth-order valence-electron chi connectivity index (χ4n) is 3.28. The summed E-state index contributed by atoms with van der Waals surface area (Å²) >= 11 is 1.67. The Morgan fingerprint density at radius 3 is 2.74 bits per heavy atom. The van der Waals surface area contributed by atoms with Gasteiger partial charge in [-0.05, 0) is 12.8 Å². The average Bonchev–Trinajstić information content (AvgIpc) is 3.10. The van der Waals surface area contributed by atoms with Gasteiger partial charge in [-0.15, -0.1) is 11.3 Å². The Morgan fingerprint density at radius 1 is 1.32 bits per heavy atom. The minimum absolute atomic E-state index is 0.161. The van der Waals surface area contributed by atoms with E-state index in [4.69, 9.17) is 0 Å². The molecule has 0 radical (unpaired) electrons. The van der Waals surface area contributed by atoms with Gasteiger partial charge in [0.2, 0.25) is 0 Å². The minimum atomic E-state index is -0.621. The summed E-state index contributed by atoms with van der Waals surface area (Å²) in [6.07, 6.45) is 4.76. The molecule has 104 valence electrons. The normalized spacial score (nSPS) is 28.7. The highest BCUT2D eigenvalue weighted by Crippen LogP contribution is 2.31. The van der Waals surface area contributed by atoms with Crippen molar-refractivity contribution in [3.05, 3.63) is 11.6 Å². The number of hydrogen-bond donors (Lipinski definition) is 1. The van der Waals surface area contributed by atoms with Crippen LogP contribution in [0.15, 0.2) is 11.6 Å². The van der Waals surface area contributed by atoms with E-state index in [1.54, 1.807) is 11.3 Å². The molecule has 1 aromatic rings. The van der Waals surface area contributed by atoms with Gasteiger partial charge in [-0.25, -0.2) is 4.98 Å². The lowest BCUT2D eigenvalue weighted by Gasteiger charge is -2.39. The van der Waals surface area contributed by atoms with Crippen LogP contribution in [0.4, 0.5) is 5.13 Å². The van der Waals surface area contributed by atoms with Gasteiger partial charge in [-0.1, -0.05) is 6.42 Å². The summed E-state index contributed by atoms with van der Waals surface area (Å²) in [4.78, 5) is 20.3. The number of nitrogens with zero attached hydrogens (tertiary/aromatic N) is 3. The number of anilines is 1. The maximum absolute atomic E-state index is 11.3. The van der Waals surface area contributed by atoms with Crippen molar-refractivity contribution in [3.63, 3.8) is 0 Å². The largest absolute Gasteiger partial charge is 0.481 e. The van der Waals surface area contributed by atoms with Crippen LogP contribution in [0.3, 0.4) is 0 Å². The van der Waals surface area contributed by atoms with Gasteiger partial charge >= 0.3 is 5.97 Å². The van der Waals surface area contributed by atoms with Crippen LogP contribution in [0, 0.1) is 5.92 Å². The first-order valence-electron chi connectivity index (χ1n) is 6.87. The summed E-state index contributed by atoms with van der Waals surface area (Å²) in [5, 5.41) is 12.4. The SMILES string of the molecule is O=C(O)C1CCCC1N1CCN(c2nccs2)CC1. The van der Waals surface area contributed by atoms with Gasteiger partial charge in [0.15, 0.2) is 5.13 Å². The molecule has 2 atom stereocenters. The van der Waals surface area contributed by atoms with Crippen molar-refractivity contribution in [3.8, 4) is 0 Å². The van der Waals surface area contributed by atoms with E-state index in [0.717, 1.165) is 50.6 Å². The molecule has 1 aliphatic carbocycles. The number of hydrogen-bond acceptors (Lipinski definition) is 5. The van der Waals surface area contributed by atoms with Crippen molar-refractivity contribution < 1.29 is 9.90 Å². The third-order valence-corrected chi connectivity index (χ3v) is 5.10. The highest BCUT2D eigenvalue weighted by Gasteiger charge is 2.37. The number of aliphatic carboxylic acids is 1.